The molecular formula is C18H28BrNO. The average molecular weight is 354 g/mol. The summed E-state index contributed by atoms with van der Waals surface area (Å²) in [6, 6.07) is 6.79. The molecule has 1 aromatic rings. The van der Waals surface area contributed by atoms with Crippen LogP contribution in [0.5, 0.6) is 5.75 Å². The van der Waals surface area contributed by atoms with Crippen LogP contribution in [-0.2, 0) is 0 Å². The van der Waals surface area contributed by atoms with Crippen LogP contribution in [0.25, 0.3) is 0 Å². The van der Waals surface area contributed by atoms with Crippen molar-refractivity contribution in [2.75, 3.05) is 13.7 Å². The fourth-order valence-corrected chi connectivity index (χ4v) is 3.94. The van der Waals surface area contributed by atoms with Gasteiger partial charge in [-0.2, -0.15) is 0 Å². The van der Waals surface area contributed by atoms with E-state index in [1.54, 1.807) is 7.11 Å². The van der Waals surface area contributed by atoms with Crippen LogP contribution in [0, 0.1) is 5.92 Å². The molecule has 1 saturated carbocycles. The van der Waals surface area contributed by atoms with E-state index in [-0.39, 0.29) is 0 Å². The molecule has 3 heteroatoms. The molecule has 0 saturated heterocycles. The number of benzene rings is 1. The molecule has 0 heterocycles. The van der Waals surface area contributed by atoms with E-state index >= 15 is 0 Å². The molecule has 1 atom stereocenters. The van der Waals surface area contributed by atoms with Crippen LogP contribution in [0.15, 0.2) is 22.7 Å². The minimum absolute atomic E-state index is 0.450. The highest BCUT2D eigenvalue weighted by Crippen LogP contribution is 2.34. The third kappa shape index (κ3) is 5.00. The van der Waals surface area contributed by atoms with Gasteiger partial charge in [-0.15, -0.1) is 0 Å². The Bertz CT molecular complexity index is 429. The first kappa shape index (κ1) is 16.8. The van der Waals surface area contributed by atoms with Gasteiger partial charge >= 0.3 is 0 Å². The van der Waals surface area contributed by atoms with Gasteiger partial charge in [0, 0.05) is 10.5 Å². The predicted molar refractivity (Wildman–Crippen MR) is 92.9 cm³/mol. The van der Waals surface area contributed by atoms with E-state index in [1.165, 1.54) is 50.5 Å². The summed E-state index contributed by atoms with van der Waals surface area (Å²) in [6.45, 7) is 3.30. The van der Waals surface area contributed by atoms with Crippen molar-refractivity contribution in [3.63, 3.8) is 0 Å². The smallest absolute Gasteiger partial charge is 0.120 e. The number of nitrogens with one attached hydrogen (secondary N) is 1. The number of halogens is 1. The standard InChI is InChI=1S/C18H28BrNO/c1-3-12-20-18(11-8-14-6-4-5-7-14)16-10-9-15(21-2)13-17(16)19/h9-10,13-14,18,20H,3-8,11-12H2,1-2H3. The van der Waals surface area contributed by atoms with Gasteiger partial charge in [0.05, 0.1) is 7.11 Å². The van der Waals surface area contributed by atoms with Crippen LogP contribution in [-0.4, -0.2) is 13.7 Å². The lowest BCUT2D eigenvalue weighted by Gasteiger charge is -2.22. The van der Waals surface area contributed by atoms with Crippen LogP contribution in [0.3, 0.4) is 0 Å². The van der Waals surface area contributed by atoms with E-state index < -0.39 is 0 Å². The molecule has 2 rings (SSSR count). The topological polar surface area (TPSA) is 21.3 Å². The van der Waals surface area contributed by atoms with Crippen LogP contribution in [0.1, 0.15) is 63.5 Å². The molecular weight excluding hydrogens is 326 g/mol. The predicted octanol–water partition coefficient (Wildman–Crippen LogP) is 5.47. The van der Waals surface area contributed by atoms with Crippen LogP contribution >= 0.6 is 15.9 Å². The molecule has 1 aromatic carbocycles. The zero-order valence-electron chi connectivity index (χ0n) is 13.3. The second-order valence-corrected chi connectivity index (χ2v) is 6.98. The third-order valence-electron chi connectivity index (χ3n) is 4.56. The van der Waals surface area contributed by atoms with Gasteiger partial charge < -0.3 is 10.1 Å². The minimum atomic E-state index is 0.450. The largest absolute Gasteiger partial charge is 0.497 e. The number of hydrogen-bond donors (Lipinski definition) is 1. The van der Waals surface area contributed by atoms with Crippen molar-refractivity contribution in [1.82, 2.24) is 5.32 Å². The molecule has 1 N–H and O–H groups in total. The summed E-state index contributed by atoms with van der Waals surface area (Å²) >= 11 is 3.71. The van der Waals surface area contributed by atoms with Crippen molar-refractivity contribution in [2.45, 2.75) is 57.9 Å². The average Bonchev–Trinajstić information content (AvgIpc) is 3.01. The number of ether oxygens (including phenoxy) is 1. The summed E-state index contributed by atoms with van der Waals surface area (Å²) in [4.78, 5) is 0. The third-order valence-corrected chi connectivity index (χ3v) is 5.25. The fraction of sp³-hybridized carbons (Fsp3) is 0.667. The Kier molecular flexibility index (Phi) is 7.05. The molecule has 0 aromatic heterocycles. The summed E-state index contributed by atoms with van der Waals surface area (Å²) in [5, 5.41) is 3.72. The quantitative estimate of drug-likeness (QED) is 0.668. The molecule has 0 amide bonds. The highest BCUT2D eigenvalue weighted by Gasteiger charge is 2.19. The normalized spacial score (nSPS) is 17.1. The van der Waals surface area contributed by atoms with Gasteiger partial charge in [-0.1, -0.05) is 54.6 Å². The molecule has 118 valence electrons. The summed E-state index contributed by atoms with van der Waals surface area (Å²) < 4.78 is 6.46. The second kappa shape index (κ2) is 8.79. The number of hydrogen-bond acceptors (Lipinski definition) is 2. The van der Waals surface area contributed by atoms with Crippen molar-refractivity contribution in [3.8, 4) is 5.75 Å². The molecule has 0 spiro atoms. The van der Waals surface area contributed by atoms with Crippen molar-refractivity contribution in [1.29, 1.82) is 0 Å². The summed E-state index contributed by atoms with van der Waals surface area (Å²) in [5.74, 6) is 1.86. The highest BCUT2D eigenvalue weighted by molar-refractivity contribution is 9.10. The maximum Gasteiger partial charge on any atom is 0.120 e. The van der Waals surface area contributed by atoms with Crippen LogP contribution in [0.2, 0.25) is 0 Å². The molecule has 1 aliphatic carbocycles. The number of rotatable bonds is 8. The molecule has 0 radical (unpaired) electrons. The lowest BCUT2D eigenvalue weighted by Crippen LogP contribution is -2.23. The van der Waals surface area contributed by atoms with Crippen molar-refractivity contribution in [3.05, 3.63) is 28.2 Å². The van der Waals surface area contributed by atoms with Gasteiger partial charge in [-0.25, -0.2) is 0 Å². The Morgan fingerprint density at radius 1 is 1.33 bits per heavy atom. The Balaban J connectivity index is 2.03. The first-order valence-electron chi connectivity index (χ1n) is 8.31. The van der Waals surface area contributed by atoms with Gasteiger partial charge in [0.25, 0.3) is 0 Å². The molecule has 1 fully saturated rings. The van der Waals surface area contributed by atoms with Crippen molar-refractivity contribution >= 4 is 15.9 Å². The van der Waals surface area contributed by atoms with E-state index in [2.05, 4.69) is 46.4 Å². The van der Waals surface area contributed by atoms with E-state index in [0.29, 0.717) is 6.04 Å². The molecule has 2 nitrogen and oxygen atoms in total. The number of methoxy groups -OCH3 is 1. The van der Waals surface area contributed by atoms with Gasteiger partial charge in [0.1, 0.15) is 5.75 Å². The molecule has 0 aliphatic heterocycles. The van der Waals surface area contributed by atoms with Crippen LogP contribution < -0.4 is 10.1 Å². The van der Waals surface area contributed by atoms with E-state index in [4.69, 9.17) is 4.74 Å². The van der Waals surface area contributed by atoms with E-state index in [9.17, 15) is 0 Å². The van der Waals surface area contributed by atoms with Gasteiger partial charge in [-0.3, -0.25) is 0 Å². The second-order valence-electron chi connectivity index (χ2n) is 6.12. The summed E-state index contributed by atoms with van der Waals surface area (Å²) in [5.41, 5.74) is 1.36. The Labute approximate surface area is 137 Å². The van der Waals surface area contributed by atoms with Crippen LogP contribution in [0.4, 0.5) is 0 Å². The minimum Gasteiger partial charge on any atom is -0.497 e. The maximum atomic E-state index is 5.30. The summed E-state index contributed by atoms with van der Waals surface area (Å²) in [6.07, 6.45) is 9.49. The first-order chi connectivity index (χ1) is 10.2. The van der Waals surface area contributed by atoms with Crippen molar-refractivity contribution in [2.24, 2.45) is 5.92 Å². The van der Waals surface area contributed by atoms with E-state index in [0.717, 1.165) is 22.7 Å². The Hall–Kier alpha value is -0.540. The zero-order valence-corrected chi connectivity index (χ0v) is 14.9. The lowest BCUT2D eigenvalue weighted by atomic mass is 9.94. The Morgan fingerprint density at radius 2 is 2.10 bits per heavy atom. The monoisotopic (exact) mass is 353 g/mol. The fourth-order valence-electron chi connectivity index (χ4n) is 3.30. The zero-order chi connectivity index (χ0) is 15.1. The molecule has 21 heavy (non-hydrogen) atoms. The van der Waals surface area contributed by atoms with Gasteiger partial charge in [0.15, 0.2) is 0 Å². The summed E-state index contributed by atoms with van der Waals surface area (Å²) in [7, 11) is 1.72. The molecule has 0 bridgehead atoms. The SMILES string of the molecule is CCCNC(CCC1CCCC1)c1ccc(OC)cc1Br. The highest BCUT2D eigenvalue weighted by atomic mass is 79.9. The molecule has 1 unspecified atom stereocenters. The van der Waals surface area contributed by atoms with Gasteiger partial charge in [0.2, 0.25) is 0 Å². The van der Waals surface area contributed by atoms with Crippen molar-refractivity contribution < 1.29 is 4.74 Å². The Morgan fingerprint density at radius 3 is 2.71 bits per heavy atom. The lowest BCUT2D eigenvalue weighted by molar-refractivity contribution is 0.406. The first-order valence-corrected chi connectivity index (χ1v) is 9.10. The van der Waals surface area contributed by atoms with Gasteiger partial charge in [-0.05, 0) is 49.4 Å². The maximum absolute atomic E-state index is 5.30. The van der Waals surface area contributed by atoms with E-state index in [1.807, 2.05) is 0 Å². The molecule has 1 aliphatic rings.